The molecule has 1 aromatic carbocycles. The number of nitrogens with one attached hydrogen (secondary N) is 1. The van der Waals surface area contributed by atoms with Crippen LogP contribution in [-0.4, -0.2) is 47.3 Å². The molecule has 148 valence electrons. The number of hydrogen-bond donors (Lipinski definition) is 1. The second-order valence-electron chi connectivity index (χ2n) is 6.90. The van der Waals surface area contributed by atoms with Crippen LogP contribution in [0.2, 0.25) is 0 Å². The van der Waals surface area contributed by atoms with Crippen LogP contribution in [0, 0.1) is 0 Å². The van der Waals surface area contributed by atoms with E-state index in [-0.39, 0.29) is 5.91 Å². The normalized spacial score (nSPS) is 14.0. The molecule has 7 nitrogen and oxygen atoms in total. The SMILES string of the molecule is CCc1ccccc1NC(=O)c1ccc(N2CCN(c3ccccn3)CC2)nn1. The highest BCUT2D eigenvalue weighted by molar-refractivity contribution is 6.03. The number of anilines is 3. The van der Waals surface area contributed by atoms with Gasteiger partial charge in [-0.05, 0) is 42.3 Å². The molecular formula is C22H24N6O. The molecule has 0 saturated carbocycles. The molecule has 2 aromatic heterocycles. The lowest BCUT2D eigenvalue weighted by Gasteiger charge is -2.35. The molecule has 1 N–H and O–H groups in total. The van der Waals surface area contributed by atoms with Gasteiger partial charge in [-0.25, -0.2) is 4.98 Å². The molecule has 0 aliphatic carbocycles. The lowest BCUT2D eigenvalue weighted by atomic mass is 10.1. The van der Waals surface area contributed by atoms with Crippen LogP contribution in [0.15, 0.2) is 60.8 Å². The van der Waals surface area contributed by atoms with Crippen LogP contribution in [0.4, 0.5) is 17.3 Å². The lowest BCUT2D eigenvalue weighted by Crippen LogP contribution is -2.47. The summed E-state index contributed by atoms with van der Waals surface area (Å²) in [6.07, 6.45) is 2.67. The highest BCUT2D eigenvalue weighted by Gasteiger charge is 2.20. The number of pyridine rings is 1. The third kappa shape index (κ3) is 4.34. The standard InChI is InChI=1S/C22H24N6O/c1-2-17-7-3-4-8-18(17)24-22(29)19-10-11-21(26-25-19)28-15-13-27(14-16-28)20-9-5-6-12-23-20/h3-12H,2,13-16H2,1H3,(H,24,29). The van der Waals surface area contributed by atoms with Crippen LogP contribution in [0.25, 0.3) is 0 Å². The van der Waals surface area contributed by atoms with E-state index in [4.69, 9.17) is 0 Å². The summed E-state index contributed by atoms with van der Waals surface area (Å²) in [7, 11) is 0. The highest BCUT2D eigenvalue weighted by atomic mass is 16.1. The van der Waals surface area contributed by atoms with Crippen molar-refractivity contribution in [1.82, 2.24) is 15.2 Å². The number of amides is 1. The molecule has 0 radical (unpaired) electrons. The van der Waals surface area contributed by atoms with Gasteiger partial charge in [-0.2, -0.15) is 0 Å². The number of aromatic nitrogens is 3. The van der Waals surface area contributed by atoms with Gasteiger partial charge in [0.25, 0.3) is 5.91 Å². The molecule has 0 atom stereocenters. The molecule has 3 heterocycles. The number of nitrogens with zero attached hydrogens (tertiary/aromatic N) is 5. The van der Waals surface area contributed by atoms with Crippen LogP contribution in [0.3, 0.4) is 0 Å². The van der Waals surface area contributed by atoms with Crippen LogP contribution in [0.5, 0.6) is 0 Å². The van der Waals surface area contributed by atoms with Crippen molar-refractivity contribution in [3.05, 3.63) is 72.1 Å². The maximum Gasteiger partial charge on any atom is 0.276 e. The van der Waals surface area contributed by atoms with Gasteiger partial charge in [0.2, 0.25) is 0 Å². The van der Waals surface area contributed by atoms with Crippen molar-refractivity contribution in [2.45, 2.75) is 13.3 Å². The van der Waals surface area contributed by atoms with Crippen LogP contribution >= 0.6 is 0 Å². The smallest absolute Gasteiger partial charge is 0.276 e. The summed E-state index contributed by atoms with van der Waals surface area (Å²) >= 11 is 0. The van der Waals surface area contributed by atoms with Gasteiger partial charge in [0.05, 0.1) is 0 Å². The predicted octanol–water partition coefficient (Wildman–Crippen LogP) is 3.01. The Labute approximate surface area is 170 Å². The van der Waals surface area contributed by atoms with Crippen molar-refractivity contribution in [3.63, 3.8) is 0 Å². The molecule has 4 rings (SSSR count). The first-order valence-corrected chi connectivity index (χ1v) is 9.88. The van der Waals surface area contributed by atoms with E-state index in [2.05, 4.69) is 37.2 Å². The number of carbonyl (C=O) groups is 1. The van der Waals surface area contributed by atoms with Gasteiger partial charge in [0.15, 0.2) is 11.5 Å². The summed E-state index contributed by atoms with van der Waals surface area (Å²) in [5.74, 6) is 1.54. The van der Waals surface area contributed by atoms with Crippen molar-refractivity contribution < 1.29 is 4.79 Å². The Bertz CT molecular complexity index is 953. The van der Waals surface area contributed by atoms with Gasteiger partial charge in [-0.1, -0.05) is 31.2 Å². The van der Waals surface area contributed by atoms with E-state index in [1.165, 1.54) is 0 Å². The highest BCUT2D eigenvalue weighted by Crippen LogP contribution is 2.18. The maximum absolute atomic E-state index is 12.5. The summed E-state index contributed by atoms with van der Waals surface area (Å²) in [5.41, 5.74) is 2.22. The minimum absolute atomic E-state index is 0.245. The van der Waals surface area contributed by atoms with Gasteiger partial charge in [-0.15, -0.1) is 10.2 Å². The third-order valence-corrected chi connectivity index (χ3v) is 5.11. The minimum atomic E-state index is -0.245. The molecule has 1 aliphatic heterocycles. The number of piperazine rings is 1. The largest absolute Gasteiger partial charge is 0.353 e. The Morgan fingerprint density at radius 1 is 0.897 bits per heavy atom. The van der Waals surface area contributed by atoms with E-state index < -0.39 is 0 Å². The van der Waals surface area contributed by atoms with Gasteiger partial charge in [0, 0.05) is 38.1 Å². The van der Waals surface area contributed by atoms with E-state index in [9.17, 15) is 4.79 Å². The van der Waals surface area contributed by atoms with Gasteiger partial charge < -0.3 is 15.1 Å². The third-order valence-electron chi connectivity index (χ3n) is 5.11. The van der Waals surface area contributed by atoms with E-state index in [0.717, 1.165) is 55.5 Å². The summed E-state index contributed by atoms with van der Waals surface area (Å²) in [6, 6.07) is 17.3. The average Bonchev–Trinajstić information content (AvgIpc) is 2.80. The first kappa shape index (κ1) is 18.9. The molecule has 3 aromatic rings. The Balaban J connectivity index is 1.37. The Kier molecular flexibility index (Phi) is 5.65. The Hall–Kier alpha value is -3.48. The quantitative estimate of drug-likeness (QED) is 0.724. The van der Waals surface area contributed by atoms with E-state index in [1.807, 2.05) is 54.7 Å². The average molecular weight is 388 g/mol. The van der Waals surface area contributed by atoms with Crippen LogP contribution in [-0.2, 0) is 6.42 Å². The maximum atomic E-state index is 12.5. The molecule has 0 unspecified atom stereocenters. The van der Waals surface area contributed by atoms with Gasteiger partial charge in [-0.3, -0.25) is 4.79 Å². The fraction of sp³-hybridized carbons (Fsp3) is 0.273. The summed E-state index contributed by atoms with van der Waals surface area (Å²) < 4.78 is 0. The first-order chi connectivity index (χ1) is 14.2. The number of rotatable bonds is 5. The van der Waals surface area contributed by atoms with Crippen molar-refractivity contribution in [1.29, 1.82) is 0 Å². The summed E-state index contributed by atoms with van der Waals surface area (Å²) in [4.78, 5) is 21.4. The number of para-hydroxylation sites is 1. The second kappa shape index (κ2) is 8.68. The molecule has 7 heteroatoms. The van der Waals surface area contributed by atoms with Gasteiger partial charge in [0.1, 0.15) is 5.82 Å². The monoisotopic (exact) mass is 388 g/mol. The fourth-order valence-electron chi connectivity index (χ4n) is 3.46. The van der Waals surface area contributed by atoms with E-state index >= 15 is 0 Å². The second-order valence-corrected chi connectivity index (χ2v) is 6.90. The van der Waals surface area contributed by atoms with Gasteiger partial charge >= 0.3 is 0 Å². The molecule has 1 saturated heterocycles. The zero-order chi connectivity index (χ0) is 20.1. The summed E-state index contributed by atoms with van der Waals surface area (Å²) in [5, 5.41) is 11.4. The lowest BCUT2D eigenvalue weighted by molar-refractivity contribution is 0.102. The van der Waals surface area contributed by atoms with Crippen molar-refractivity contribution >= 4 is 23.2 Å². The first-order valence-electron chi connectivity index (χ1n) is 9.88. The Morgan fingerprint density at radius 2 is 1.62 bits per heavy atom. The topological polar surface area (TPSA) is 74.2 Å². The molecule has 1 fully saturated rings. The number of aryl methyl sites for hydroxylation is 1. The molecular weight excluding hydrogens is 364 g/mol. The van der Waals surface area contributed by atoms with Crippen molar-refractivity contribution in [2.75, 3.05) is 41.3 Å². The van der Waals surface area contributed by atoms with E-state index in [0.29, 0.717) is 5.69 Å². The van der Waals surface area contributed by atoms with Crippen molar-refractivity contribution in [2.24, 2.45) is 0 Å². The zero-order valence-electron chi connectivity index (χ0n) is 16.5. The number of benzene rings is 1. The number of carbonyl (C=O) groups excluding carboxylic acids is 1. The van der Waals surface area contributed by atoms with Crippen LogP contribution in [0.1, 0.15) is 23.0 Å². The molecule has 1 amide bonds. The fourth-order valence-corrected chi connectivity index (χ4v) is 3.46. The number of hydrogen-bond acceptors (Lipinski definition) is 6. The molecule has 0 spiro atoms. The zero-order valence-corrected chi connectivity index (χ0v) is 16.5. The minimum Gasteiger partial charge on any atom is -0.353 e. The Morgan fingerprint density at radius 3 is 2.28 bits per heavy atom. The summed E-state index contributed by atoms with van der Waals surface area (Å²) in [6.45, 7) is 5.47. The van der Waals surface area contributed by atoms with Crippen molar-refractivity contribution in [3.8, 4) is 0 Å². The predicted molar refractivity (Wildman–Crippen MR) is 114 cm³/mol. The molecule has 1 aliphatic rings. The molecule has 0 bridgehead atoms. The van der Waals surface area contributed by atoms with Crippen LogP contribution < -0.4 is 15.1 Å². The van der Waals surface area contributed by atoms with E-state index in [1.54, 1.807) is 6.07 Å². The molecule has 29 heavy (non-hydrogen) atoms.